The number of unbranched alkanes of at least 4 members (excludes halogenated alkanes) is 1. The SMILES string of the molecule is O=C(CNC(=O)c1ccc(Cl)c(Cl)c1)NCCCCN1CCN(Cc2ccccc2)CC1. The summed E-state index contributed by atoms with van der Waals surface area (Å²) in [6.07, 6.45) is 1.95. The van der Waals surface area contributed by atoms with Crippen molar-refractivity contribution in [2.24, 2.45) is 0 Å². The molecule has 1 saturated heterocycles. The van der Waals surface area contributed by atoms with E-state index >= 15 is 0 Å². The van der Waals surface area contributed by atoms with Crippen molar-refractivity contribution in [3.63, 3.8) is 0 Å². The molecule has 32 heavy (non-hydrogen) atoms. The molecular formula is C24H30Cl2N4O2. The first kappa shape index (κ1) is 24.5. The van der Waals surface area contributed by atoms with Gasteiger partial charge in [-0.3, -0.25) is 14.5 Å². The number of carbonyl (C=O) groups excluding carboxylic acids is 2. The number of hydrogen-bond donors (Lipinski definition) is 2. The van der Waals surface area contributed by atoms with Crippen molar-refractivity contribution in [2.45, 2.75) is 19.4 Å². The van der Waals surface area contributed by atoms with Crippen molar-refractivity contribution >= 4 is 35.0 Å². The molecule has 1 aliphatic heterocycles. The summed E-state index contributed by atoms with van der Waals surface area (Å²) in [6.45, 7) is 6.94. The van der Waals surface area contributed by atoms with Crippen LogP contribution in [0, 0.1) is 0 Å². The smallest absolute Gasteiger partial charge is 0.251 e. The number of piperazine rings is 1. The second kappa shape index (κ2) is 12.8. The summed E-state index contributed by atoms with van der Waals surface area (Å²) in [5, 5.41) is 6.14. The van der Waals surface area contributed by atoms with Gasteiger partial charge < -0.3 is 15.5 Å². The van der Waals surface area contributed by atoms with Crippen LogP contribution < -0.4 is 10.6 Å². The van der Waals surface area contributed by atoms with Gasteiger partial charge in [0.25, 0.3) is 5.91 Å². The van der Waals surface area contributed by atoms with Crippen molar-refractivity contribution in [2.75, 3.05) is 45.8 Å². The van der Waals surface area contributed by atoms with Crippen molar-refractivity contribution in [3.05, 3.63) is 69.7 Å². The minimum Gasteiger partial charge on any atom is -0.355 e. The molecule has 2 aromatic carbocycles. The van der Waals surface area contributed by atoms with E-state index in [0.717, 1.165) is 52.1 Å². The van der Waals surface area contributed by atoms with Crippen LogP contribution in [-0.4, -0.2) is 67.4 Å². The van der Waals surface area contributed by atoms with Gasteiger partial charge in [-0.15, -0.1) is 0 Å². The molecule has 0 aliphatic carbocycles. The zero-order valence-electron chi connectivity index (χ0n) is 18.2. The van der Waals surface area contributed by atoms with Gasteiger partial charge in [-0.2, -0.15) is 0 Å². The van der Waals surface area contributed by atoms with Crippen LogP contribution >= 0.6 is 23.2 Å². The Balaban J connectivity index is 1.22. The van der Waals surface area contributed by atoms with E-state index < -0.39 is 0 Å². The molecule has 0 saturated carbocycles. The maximum atomic E-state index is 12.1. The summed E-state index contributed by atoms with van der Waals surface area (Å²) in [4.78, 5) is 29.0. The predicted molar refractivity (Wildman–Crippen MR) is 129 cm³/mol. The second-order valence-electron chi connectivity index (χ2n) is 7.97. The minimum atomic E-state index is -0.356. The zero-order valence-corrected chi connectivity index (χ0v) is 19.7. The third-order valence-corrected chi connectivity index (χ3v) is 6.27. The molecule has 2 amide bonds. The highest BCUT2D eigenvalue weighted by Gasteiger charge is 2.16. The Morgan fingerprint density at radius 3 is 2.28 bits per heavy atom. The molecule has 0 radical (unpaired) electrons. The summed E-state index contributed by atoms with van der Waals surface area (Å²) >= 11 is 11.8. The monoisotopic (exact) mass is 476 g/mol. The fourth-order valence-electron chi connectivity index (χ4n) is 3.66. The van der Waals surface area contributed by atoms with Gasteiger partial charge in [0.2, 0.25) is 5.91 Å². The summed E-state index contributed by atoms with van der Waals surface area (Å²) in [5.74, 6) is -0.557. The Hall–Kier alpha value is -2.12. The van der Waals surface area contributed by atoms with E-state index in [2.05, 4.69) is 50.8 Å². The topological polar surface area (TPSA) is 64.7 Å². The van der Waals surface area contributed by atoms with Crippen molar-refractivity contribution in [1.82, 2.24) is 20.4 Å². The molecule has 0 unspecified atom stereocenters. The van der Waals surface area contributed by atoms with Crippen molar-refractivity contribution in [3.8, 4) is 0 Å². The number of halogens is 2. The summed E-state index contributed by atoms with van der Waals surface area (Å²) in [7, 11) is 0. The van der Waals surface area contributed by atoms with Gasteiger partial charge in [-0.05, 0) is 43.1 Å². The molecule has 0 spiro atoms. The Morgan fingerprint density at radius 2 is 1.56 bits per heavy atom. The third-order valence-electron chi connectivity index (χ3n) is 5.53. The molecule has 1 fully saturated rings. The first-order valence-electron chi connectivity index (χ1n) is 11.0. The van der Waals surface area contributed by atoms with Gasteiger partial charge in [0.1, 0.15) is 0 Å². The Morgan fingerprint density at radius 1 is 0.844 bits per heavy atom. The van der Waals surface area contributed by atoms with E-state index in [4.69, 9.17) is 23.2 Å². The van der Waals surface area contributed by atoms with Gasteiger partial charge in [-0.25, -0.2) is 0 Å². The van der Waals surface area contributed by atoms with Gasteiger partial charge in [-0.1, -0.05) is 53.5 Å². The van der Waals surface area contributed by atoms with Gasteiger partial charge in [0, 0.05) is 44.8 Å². The molecule has 3 rings (SSSR count). The number of nitrogens with one attached hydrogen (secondary N) is 2. The molecule has 8 heteroatoms. The number of rotatable bonds is 10. The van der Waals surface area contributed by atoms with Crippen LogP contribution in [0.5, 0.6) is 0 Å². The van der Waals surface area contributed by atoms with Gasteiger partial charge in [0.05, 0.1) is 16.6 Å². The largest absolute Gasteiger partial charge is 0.355 e. The Bertz CT molecular complexity index is 887. The van der Waals surface area contributed by atoms with E-state index in [0.29, 0.717) is 22.2 Å². The zero-order chi connectivity index (χ0) is 22.8. The molecule has 172 valence electrons. The van der Waals surface area contributed by atoms with Crippen LogP contribution in [0.4, 0.5) is 0 Å². The number of nitrogens with zero attached hydrogens (tertiary/aromatic N) is 2. The average Bonchev–Trinajstić information content (AvgIpc) is 2.81. The molecule has 0 aromatic heterocycles. The minimum absolute atomic E-state index is 0.0670. The lowest BCUT2D eigenvalue weighted by Gasteiger charge is -2.34. The van der Waals surface area contributed by atoms with E-state index in [1.54, 1.807) is 12.1 Å². The van der Waals surface area contributed by atoms with Gasteiger partial charge >= 0.3 is 0 Å². The van der Waals surface area contributed by atoms with Crippen LogP contribution in [0.25, 0.3) is 0 Å². The molecular weight excluding hydrogens is 447 g/mol. The highest BCUT2D eigenvalue weighted by molar-refractivity contribution is 6.42. The Labute approximate surface area is 199 Å². The predicted octanol–water partition coefficient (Wildman–Crippen LogP) is 3.44. The van der Waals surface area contributed by atoms with Crippen LogP contribution in [0.3, 0.4) is 0 Å². The summed E-state index contributed by atoms with van der Waals surface area (Å²) in [5.41, 5.74) is 1.74. The van der Waals surface area contributed by atoms with Crippen LogP contribution in [0.2, 0.25) is 10.0 Å². The normalized spacial score (nSPS) is 14.8. The summed E-state index contributed by atoms with van der Waals surface area (Å²) < 4.78 is 0. The average molecular weight is 477 g/mol. The first-order chi connectivity index (χ1) is 15.5. The lowest BCUT2D eigenvalue weighted by Crippen LogP contribution is -2.46. The Kier molecular flexibility index (Phi) is 9.81. The molecule has 2 aromatic rings. The molecule has 0 bridgehead atoms. The standard InChI is InChI=1S/C24H30Cl2N4O2/c25-21-9-8-20(16-22(21)26)24(32)28-17-23(31)27-10-4-5-11-29-12-14-30(15-13-29)18-19-6-2-1-3-7-19/h1-3,6-9,16H,4-5,10-15,17-18H2,(H,27,31)(H,28,32). The van der Waals surface area contributed by atoms with Gasteiger partial charge in [0.15, 0.2) is 0 Å². The number of amides is 2. The molecule has 2 N–H and O–H groups in total. The quantitative estimate of drug-likeness (QED) is 0.515. The highest BCUT2D eigenvalue weighted by atomic mass is 35.5. The van der Waals surface area contributed by atoms with Crippen LogP contribution in [-0.2, 0) is 11.3 Å². The summed E-state index contributed by atoms with van der Waals surface area (Å²) in [6, 6.07) is 15.2. The number of hydrogen-bond acceptors (Lipinski definition) is 4. The molecule has 1 aliphatic rings. The van der Waals surface area contributed by atoms with Crippen molar-refractivity contribution in [1.29, 1.82) is 0 Å². The maximum Gasteiger partial charge on any atom is 0.251 e. The fraction of sp³-hybridized carbons (Fsp3) is 0.417. The van der Waals surface area contributed by atoms with E-state index in [1.165, 1.54) is 11.6 Å². The van der Waals surface area contributed by atoms with Crippen LogP contribution in [0.15, 0.2) is 48.5 Å². The van der Waals surface area contributed by atoms with E-state index in [-0.39, 0.29) is 18.4 Å². The number of carbonyl (C=O) groups is 2. The molecule has 6 nitrogen and oxygen atoms in total. The van der Waals surface area contributed by atoms with Crippen LogP contribution in [0.1, 0.15) is 28.8 Å². The lowest BCUT2D eigenvalue weighted by atomic mass is 10.2. The maximum absolute atomic E-state index is 12.1. The highest BCUT2D eigenvalue weighted by Crippen LogP contribution is 2.22. The lowest BCUT2D eigenvalue weighted by molar-refractivity contribution is -0.120. The molecule has 0 atom stereocenters. The van der Waals surface area contributed by atoms with Crippen molar-refractivity contribution < 1.29 is 9.59 Å². The third kappa shape index (κ3) is 8.10. The van der Waals surface area contributed by atoms with E-state index in [9.17, 15) is 9.59 Å². The second-order valence-corrected chi connectivity index (χ2v) is 8.79. The van der Waals surface area contributed by atoms with E-state index in [1.807, 2.05) is 0 Å². The first-order valence-corrected chi connectivity index (χ1v) is 11.8. The fourth-order valence-corrected chi connectivity index (χ4v) is 3.96. The molecule has 1 heterocycles. The number of benzene rings is 2.